The highest BCUT2D eigenvalue weighted by Gasteiger charge is 2.41. The van der Waals surface area contributed by atoms with Crippen LogP contribution in [0.5, 0.6) is 0 Å². The smallest absolute Gasteiger partial charge is 0.392 e. The van der Waals surface area contributed by atoms with E-state index in [2.05, 4.69) is 10.6 Å². The topological polar surface area (TPSA) is 67.4 Å². The molecule has 4 rings (SSSR count). The SMILES string of the molecule is O=C1CS(OC(=O)NC(c2ccccc2)c2ccccc2)(c2cccc(C(F)(F)F)c2)CN1. The predicted octanol–water partition coefficient (Wildman–Crippen LogP) is 5.39. The molecule has 0 aromatic heterocycles. The fourth-order valence-corrected chi connectivity index (χ4v) is 6.20. The third-order valence-corrected chi connectivity index (χ3v) is 8.14. The lowest BCUT2D eigenvalue weighted by molar-refractivity contribution is -0.137. The van der Waals surface area contributed by atoms with E-state index >= 15 is 0 Å². The number of halogens is 3. The molecule has 1 heterocycles. The Kier molecular flexibility index (Phi) is 6.33. The van der Waals surface area contributed by atoms with E-state index in [0.29, 0.717) is 0 Å². The number of carbonyl (C=O) groups is 2. The van der Waals surface area contributed by atoms with Crippen LogP contribution in [0.25, 0.3) is 0 Å². The first-order chi connectivity index (χ1) is 15.8. The quantitative estimate of drug-likeness (QED) is 0.521. The molecular formula is C24H21F3N2O3S. The normalized spacial score (nSPS) is 20.1. The molecule has 172 valence electrons. The summed E-state index contributed by atoms with van der Waals surface area (Å²) in [6, 6.07) is 22.6. The van der Waals surface area contributed by atoms with Crippen LogP contribution in [0.2, 0.25) is 0 Å². The van der Waals surface area contributed by atoms with E-state index in [-0.39, 0.29) is 22.4 Å². The standard InChI is InChI=1S/C24H21F3N2O3S/c25-24(26,27)19-12-7-13-20(14-19)33(15-21(30)28-16-33)32-23(31)29-22(17-8-3-1-4-9-17)18-10-5-2-6-11-18/h1-14,22H,15-16H2,(H,28,30)(H,29,31). The van der Waals surface area contributed by atoms with Crippen molar-refractivity contribution >= 4 is 22.3 Å². The van der Waals surface area contributed by atoms with Gasteiger partial charge in [0.05, 0.1) is 23.2 Å². The maximum Gasteiger partial charge on any atom is 0.418 e. The third-order valence-electron chi connectivity index (χ3n) is 5.22. The van der Waals surface area contributed by atoms with Gasteiger partial charge < -0.3 is 14.8 Å². The Labute approximate surface area is 190 Å². The van der Waals surface area contributed by atoms with Crippen LogP contribution >= 0.6 is 10.3 Å². The van der Waals surface area contributed by atoms with E-state index in [9.17, 15) is 22.8 Å². The number of benzene rings is 3. The van der Waals surface area contributed by atoms with Gasteiger partial charge >= 0.3 is 12.3 Å². The van der Waals surface area contributed by atoms with Gasteiger partial charge in [0.25, 0.3) is 0 Å². The van der Waals surface area contributed by atoms with Gasteiger partial charge in [-0.1, -0.05) is 66.7 Å². The van der Waals surface area contributed by atoms with Crippen molar-refractivity contribution in [3.8, 4) is 0 Å². The van der Waals surface area contributed by atoms with Gasteiger partial charge in [0, 0.05) is 4.90 Å². The van der Waals surface area contributed by atoms with Crippen LogP contribution in [0.15, 0.2) is 89.8 Å². The second-order valence-corrected chi connectivity index (χ2v) is 10.3. The Bertz CT molecular complexity index is 1100. The number of hydrogen-bond donors (Lipinski definition) is 2. The lowest BCUT2D eigenvalue weighted by Crippen LogP contribution is -2.31. The lowest BCUT2D eigenvalue weighted by Gasteiger charge is -2.34. The van der Waals surface area contributed by atoms with Gasteiger partial charge in [-0.2, -0.15) is 13.2 Å². The van der Waals surface area contributed by atoms with Gasteiger partial charge in [-0.3, -0.25) is 4.79 Å². The van der Waals surface area contributed by atoms with Crippen LogP contribution in [-0.2, 0) is 15.2 Å². The summed E-state index contributed by atoms with van der Waals surface area (Å²) in [6.07, 6.45) is -5.36. The Morgan fingerprint density at radius 1 is 0.939 bits per heavy atom. The number of alkyl halides is 3. The fourth-order valence-electron chi connectivity index (χ4n) is 3.63. The van der Waals surface area contributed by atoms with E-state index in [4.69, 9.17) is 4.18 Å². The lowest BCUT2D eigenvalue weighted by atomic mass is 9.99. The van der Waals surface area contributed by atoms with Crippen LogP contribution in [0.1, 0.15) is 22.7 Å². The summed E-state index contributed by atoms with van der Waals surface area (Å²) in [7, 11) is -2.65. The zero-order valence-corrected chi connectivity index (χ0v) is 18.2. The van der Waals surface area contributed by atoms with Crippen LogP contribution in [0, 0.1) is 0 Å². The van der Waals surface area contributed by atoms with Crippen molar-refractivity contribution in [2.75, 3.05) is 11.6 Å². The van der Waals surface area contributed by atoms with Gasteiger partial charge in [-0.05, 0) is 39.6 Å². The minimum Gasteiger partial charge on any atom is -0.392 e. The molecule has 33 heavy (non-hydrogen) atoms. The molecule has 3 aromatic rings. The Balaban J connectivity index is 1.63. The van der Waals surface area contributed by atoms with Crippen LogP contribution in [0.4, 0.5) is 18.0 Å². The molecular weight excluding hydrogens is 453 g/mol. The average Bonchev–Trinajstić information content (AvgIpc) is 3.19. The van der Waals surface area contributed by atoms with Gasteiger partial charge in [0.2, 0.25) is 5.91 Å². The summed E-state index contributed by atoms with van der Waals surface area (Å²) in [4.78, 5) is 25.3. The van der Waals surface area contributed by atoms with E-state index in [1.165, 1.54) is 12.1 Å². The molecule has 0 spiro atoms. The van der Waals surface area contributed by atoms with E-state index in [0.717, 1.165) is 23.3 Å². The molecule has 2 N–H and O–H groups in total. The summed E-state index contributed by atoms with van der Waals surface area (Å²) in [5.74, 6) is -0.608. The molecule has 0 bridgehead atoms. The molecule has 2 amide bonds. The van der Waals surface area contributed by atoms with Crippen molar-refractivity contribution in [3.05, 3.63) is 102 Å². The summed E-state index contributed by atoms with van der Waals surface area (Å²) in [5.41, 5.74) is 0.760. The molecule has 1 aliphatic heterocycles. The summed E-state index contributed by atoms with van der Waals surface area (Å²) < 4.78 is 45.6. The number of rotatable bonds is 5. The number of nitrogens with one attached hydrogen (secondary N) is 2. The van der Waals surface area contributed by atoms with Crippen molar-refractivity contribution in [2.24, 2.45) is 0 Å². The maximum absolute atomic E-state index is 13.3. The number of hydrogen-bond acceptors (Lipinski definition) is 3. The summed E-state index contributed by atoms with van der Waals surface area (Å²) >= 11 is 0. The molecule has 3 aromatic carbocycles. The summed E-state index contributed by atoms with van der Waals surface area (Å²) in [5, 5.41) is 5.43. The zero-order chi connectivity index (χ0) is 23.5. The highest BCUT2D eigenvalue weighted by molar-refractivity contribution is 8.31. The van der Waals surface area contributed by atoms with Crippen molar-refractivity contribution in [1.29, 1.82) is 0 Å². The van der Waals surface area contributed by atoms with E-state index in [1.54, 1.807) is 0 Å². The van der Waals surface area contributed by atoms with Crippen LogP contribution in [0.3, 0.4) is 0 Å². The molecule has 1 atom stereocenters. The average molecular weight is 475 g/mol. The zero-order valence-electron chi connectivity index (χ0n) is 17.3. The van der Waals surface area contributed by atoms with E-state index in [1.807, 2.05) is 60.7 Å². The van der Waals surface area contributed by atoms with Gasteiger partial charge in [0.15, 0.2) is 0 Å². The highest BCUT2D eigenvalue weighted by Crippen LogP contribution is 2.58. The first kappa shape index (κ1) is 22.7. The van der Waals surface area contributed by atoms with Crippen molar-refractivity contribution < 1.29 is 26.9 Å². The predicted molar refractivity (Wildman–Crippen MR) is 120 cm³/mol. The largest absolute Gasteiger partial charge is 0.418 e. The molecule has 1 aliphatic rings. The van der Waals surface area contributed by atoms with Gasteiger partial charge in [-0.15, -0.1) is 0 Å². The molecule has 5 nitrogen and oxygen atoms in total. The molecule has 9 heteroatoms. The Hall–Kier alpha value is -3.46. The molecule has 1 saturated heterocycles. The number of carbonyl (C=O) groups excluding carboxylic acids is 2. The van der Waals surface area contributed by atoms with Crippen LogP contribution in [-0.4, -0.2) is 23.6 Å². The third kappa shape index (κ3) is 5.14. The van der Waals surface area contributed by atoms with Gasteiger partial charge in [0.1, 0.15) is 0 Å². The molecule has 1 unspecified atom stereocenters. The van der Waals surface area contributed by atoms with Crippen LogP contribution < -0.4 is 10.6 Å². The molecule has 0 radical (unpaired) electrons. The Morgan fingerprint density at radius 2 is 1.55 bits per heavy atom. The van der Waals surface area contributed by atoms with E-state index < -0.39 is 34.2 Å². The first-order valence-electron chi connectivity index (χ1n) is 10.1. The molecule has 0 aliphatic carbocycles. The second kappa shape index (κ2) is 9.19. The minimum absolute atomic E-state index is 0.0398. The molecule has 1 fully saturated rings. The van der Waals surface area contributed by atoms with Gasteiger partial charge in [-0.25, -0.2) is 4.79 Å². The first-order valence-corrected chi connectivity index (χ1v) is 12.0. The van der Waals surface area contributed by atoms with Crippen molar-refractivity contribution in [1.82, 2.24) is 10.6 Å². The van der Waals surface area contributed by atoms with Crippen molar-refractivity contribution in [3.63, 3.8) is 0 Å². The minimum atomic E-state index is -4.55. The Morgan fingerprint density at radius 3 is 2.06 bits per heavy atom. The second-order valence-electron chi connectivity index (χ2n) is 7.50. The van der Waals surface area contributed by atoms with Crippen molar-refractivity contribution in [2.45, 2.75) is 17.1 Å². The number of amides is 2. The monoisotopic (exact) mass is 474 g/mol. The fraction of sp³-hybridized carbons (Fsp3) is 0.167. The summed E-state index contributed by atoms with van der Waals surface area (Å²) in [6.45, 7) is 0. The maximum atomic E-state index is 13.3. The highest BCUT2D eigenvalue weighted by atomic mass is 32.3. The molecule has 0 saturated carbocycles.